The van der Waals surface area contributed by atoms with E-state index >= 15 is 0 Å². The third-order valence-corrected chi connectivity index (χ3v) is 6.12. The number of hydrogen-bond donors (Lipinski definition) is 8. The Kier molecular flexibility index (Phi) is 17.8. The van der Waals surface area contributed by atoms with Gasteiger partial charge in [-0.3, -0.25) is 33.6 Å². The van der Waals surface area contributed by atoms with Gasteiger partial charge in [0.25, 0.3) is 0 Å². The zero-order valence-electron chi connectivity index (χ0n) is 26.4. The average Bonchev–Trinajstić information content (AvgIpc) is 3.02. The van der Waals surface area contributed by atoms with Crippen molar-refractivity contribution >= 4 is 46.9 Å². The summed E-state index contributed by atoms with van der Waals surface area (Å²) in [6, 6.07) is 5.67. The maximum atomic E-state index is 12.0. The van der Waals surface area contributed by atoms with Crippen molar-refractivity contribution in [2.75, 3.05) is 45.9 Å². The molecule has 0 bridgehead atoms. The first-order valence-corrected chi connectivity index (χ1v) is 14.5. The van der Waals surface area contributed by atoms with E-state index in [-0.39, 0.29) is 31.4 Å². The van der Waals surface area contributed by atoms with Crippen LogP contribution < -0.4 is 37.6 Å². The van der Waals surface area contributed by atoms with E-state index in [0.29, 0.717) is 12.1 Å². The normalized spacial score (nSPS) is 12.3. The highest BCUT2D eigenvalue weighted by molar-refractivity contribution is 5.98. The molecule has 0 aromatic heterocycles. The van der Waals surface area contributed by atoms with Crippen LogP contribution in [0.4, 0.5) is 0 Å². The molecule has 1 rings (SSSR count). The number of Topliss-reactive ketones (excluding diaryl/α,β-unsaturated/α-hetero) is 1. The van der Waals surface area contributed by atoms with E-state index in [1.165, 1.54) is 0 Å². The van der Waals surface area contributed by atoms with Gasteiger partial charge in [0.15, 0.2) is 5.78 Å². The first kappa shape index (κ1) is 39.1. The maximum absolute atomic E-state index is 12.0. The number of carbonyl (C=O) groups excluding carboxylic acids is 7. The summed E-state index contributed by atoms with van der Waals surface area (Å²) in [7, 11) is 0. The molecule has 0 unspecified atom stereocenters. The van der Waals surface area contributed by atoms with Gasteiger partial charge in [0.1, 0.15) is 12.6 Å². The highest BCUT2D eigenvalue weighted by Gasteiger charge is 2.19. The SMILES string of the molecule is CC(=O)N[C@@H](CO)C(=O)NCC(=O)NCC(=O)NCC(=O)NCC(=O)NCCO/N=C(\C)c1ccc(C[C@H](N)C(=O)C(C)C)cc1. The first-order valence-electron chi connectivity index (χ1n) is 14.5. The van der Waals surface area contributed by atoms with Gasteiger partial charge in [-0.05, 0) is 24.5 Å². The molecule has 0 saturated carbocycles. The Morgan fingerprint density at radius 2 is 1.30 bits per heavy atom. The van der Waals surface area contributed by atoms with E-state index < -0.39 is 73.8 Å². The number of aliphatic hydroxyl groups is 1. The van der Waals surface area contributed by atoms with Gasteiger partial charge in [0, 0.05) is 12.8 Å². The molecule has 254 valence electrons. The third-order valence-electron chi connectivity index (χ3n) is 6.12. The van der Waals surface area contributed by atoms with Gasteiger partial charge in [-0.25, -0.2) is 0 Å². The Morgan fingerprint density at radius 1 is 0.804 bits per heavy atom. The maximum Gasteiger partial charge on any atom is 0.245 e. The summed E-state index contributed by atoms with van der Waals surface area (Å²) in [5, 5.41) is 26.9. The third kappa shape index (κ3) is 16.2. The summed E-state index contributed by atoms with van der Waals surface area (Å²) in [4.78, 5) is 87.5. The number of benzene rings is 1. The van der Waals surface area contributed by atoms with Crippen molar-refractivity contribution in [2.45, 2.75) is 46.2 Å². The molecule has 17 heteroatoms. The fourth-order valence-corrected chi connectivity index (χ4v) is 3.61. The molecule has 0 heterocycles. The number of amides is 6. The Labute approximate surface area is 266 Å². The molecule has 46 heavy (non-hydrogen) atoms. The quantitative estimate of drug-likeness (QED) is 0.0395. The molecule has 0 fully saturated rings. The molecule has 17 nitrogen and oxygen atoms in total. The zero-order valence-corrected chi connectivity index (χ0v) is 26.4. The predicted octanol–water partition coefficient (Wildman–Crippen LogP) is -3.40. The van der Waals surface area contributed by atoms with E-state index in [9.17, 15) is 33.6 Å². The Balaban J connectivity index is 2.22. The van der Waals surface area contributed by atoms with Gasteiger partial charge in [-0.15, -0.1) is 0 Å². The van der Waals surface area contributed by atoms with Gasteiger partial charge >= 0.3 is 0 Å². The molecular formula is C29H44N8O9. The minimum absolute atomic E-state index is 0.0113. The highest BCUT2D eigenvalue weighted by atomic mass is 16.6. The largest absolute Gasteiger partial charge is 0.394 e. The second-order valence-electron chi connectivity index (χ2n) is 10.4. The summed E-state index contributed by atoms with van der Waals surface area (Å²) in [5.74, 6) is -4.00. The van der Waals surface area contributed by atoms with Crippen molar-refractivity contribution in [3.8, 4) is 0 Å². The molecule has 0 saturated heterocycles. The van der Waals surface area contributed by atoms with Crippen LogP contribution in [-0.2, 0) is 44.8 Å². The van der Waals surface area contributed by atoms with Crippen LogP contribution in [-0.4, -0.2) is 110 Å². The summed E-state index contributed by atoms with van der Waals surface area (Å²) >= 11 is 0. The number of oxime groups is 1. The second-order valence-corrected chi connectivity index (χ2v) is 10.4. The van der Waals surface area contributed by atoms with Gasteiger partial charge in [0.05, 0.1) is 51.1 Å². The number of nitrogens with two attached hydrogens (primary N) is 1. The predicted molar refractivity (Wildman–Crippen MR) is 166 cm³/mol. The molecular weight excluding hydrogens is 604 g/mol. The molecule has 0 radical (unpaired) electrons. The van der Waals surface area contributed by atoms with Crippen molar-refractivity contribution in [1.82, 2.24) is 31.9 Å². The van der Waals surface area contributed by atoms with Crippen LogP contribution in [0.25, 0.3) is 0 Å². The molecule has 0 aliphatic carbocycles. The molecule has 0 aliphatic heterocycles. The Morgan fingerprint density at radius 3 is 1.78 bits per heavy atom. The fourth-order valence-electron chi connectivity index (χ4n) is 3.61. The lowest BCUT2D eigenvalue weighted by atomic mass is 9.96. The van der Waals surface area contributed by atoms with E-state index in [2.05, 4.69) is 37.1 Å². The smallest absolute Gasteiger partial charge is 0.245 e. The molecule has 9 N–H and O–H groups in total. The number of nitrogens with zero attached hydrogens (tertiary/aromatic N) is 1. The van der Waals surface area contributed by atoms with Crippen LogP contribution >= 0.6 is 0 Å². The van der Waals surface area contributed by atoms with Crippen LogP contribution in [0.1, 0.15) is 38.8 Å². The standard InChI is InChI=1S/C29H44N8O9/c1-17(2)28(44)22(30)11-20-5-7-21(8-6-20)18(3)37-46-10-9-31-24(40)12-32-25(41)13-33-26(42)14-34-27(43)15-35-29(45)23(16-38)36-19(4)39/h5-8,17,22-23,38H,9-16,30H2,1-4H3,(H,31,40)(H,32,41)(H,33,42)(H,34,43)(H,35,45)(H,36,39)/b37-18+/t22-,23-/m0/s1. The highest BCUT2D eigenvalue weighted by Crippen LogP contribution is 2.10. The summed E-state index contributed by atoms with van der Waals surface area (Å²) in [5.41, 5.74) is 8.33. The number of carbonyl (C=O) groups is 7. The number of nitrogens with one attached hydrogen (secondary N) is 6. The molecule has 1 aromatic rings. The molecule has 0 aliphatic rings. The second kappa shape index (κ2) is 20.9. The van der Waals surface area contributed by atoms with E-state index in [1.807, 2.05) is 38.1 Å². The average molecular weight is 649 g/mol. The lowest BCUT2D eigenvalue weighted by Crippen LogP contribution is -2.51. The van der Waals surface area contributed by atoms with Crippen LogP contribution in [0.15, 0.2) is 29.4 Å². The van der Waals surface area contributed by atoms with Crippen LogP contribution in [0.5, 0.6) is 0 Å². The summed E-state index contributed by atoms with van der Waals surface area (Å²) in [6.07, 6.45) is 0.444. The van der Waals surface area contributed by atoms with Gasteiger partial charge in [0.2, 0.25) is 35.4 Å². The molecule has 1 aromatic carbocycles. The van der Waals surface area contributed by atoms with Crippen molar-refractivity contribution in [1.29, 1.82) is 0 Å². The zero-order chi connectivity index (χ0) is 34.6. The summed E-state index contributed by atoms with van der Waals surface area (Å²) in [6.45, 7) is 4.29. The van der Waals surface area contributed by atoms with Gasteiger partial charge in [-0.2, -0.15) is 0 Å². The van der Waals surface area contributed by atoms with Crippen LogP contribution in [0, 0.1) is 5.92 Å². The van der Waals surface area contributed by atoms with Crippen molar-refractivity contribution in [3.05, 3.63) is 35.4 Å². The van der Waals surface area contributed by atoms with E-state index in [0.717, 1.165) is 18.1 Å². The van der Waals surface area contributed by atoms with Crippen LogP contribution in [0.2, 0.25) is 0 Å². The van der Waals surface area contributed by atoms with E-state index in [1.54, 1.807) is 6.92 Å². The number of hydrogen-bond acceptors (Lipinski definition) is 11. The van der Waals surface area contributed by atoms with Gasteiger partial charge in [-0.1, -0.05) is 43.3 Å². The molecule has 2 atom stereocenters. The van der Waals surface area contributed by atoms with E-state index in [4.69, 9.17) is 15.7 Å². The Bertz CT molecular complexity index is 1250. The lowest BCUT2D eigenvalue weighted by Gasteiger charge is -2.14. The van der Waals surface area contributed by atoms with Gasteiger partial charge < -0.3 is 47.6 Å². The minimum atomic E-state index is -1.22. The fraction of sp³-hybridized carbons (Fsp3) is 0.517. The topological polar surface area (TPSA) is 260 Å². The number of rotatable bonds is 20. The molecule has 0 spiro atoms. The van der Waals surface area contributed by atoms with Crippen LogP contribution in [0.3, 0.4) is 0 Å². The first-order chi connectivity index (χ1) is 21.7. The monoisotopic (exact) mass is 648 g/mol. The van der Waals surface area contributed by atoms with Crippen molar-refractivity contribution in [2.24, 2.45) is 16.8 Å². The lowest BCUT2D eigenvalue weighted by molar-refractivity contribution is -0.131. The minimum Gasteiger partial charge on any atom is -0.394 e. The van der Waals surface area contributed by atoms with Crippen molar-refractivity contribution in [3.63, 3.8) is 0 Å². The van der Waals surface area contributed by atoms with Crippen molar-refractivity contribution < 1.29 is 43.5 Å². The summed E-state index contributed by atoms with van der Waals surface area (Å²) < 4.78 is 0. The number of ketones is 1. The number of aliphatic hydroxyl groups excluding tert-OH is 1. The Hall–Kier alpha value is -4.90. The molecule has 6 amide bonds.